The summed E-state index contributed by atoms with van der Waals surface area (Å²) in [5.74, 6) is -0.233. The summed E-state index contributed by atoms with van der Waals surface area (Å²) in [7, 11) is 0. The number of nitrogens with one attached hydrogen (secondary N) is 1. The fourth-order valence-electron chi connectivity index (χ4n) is 2.75. The van der Waals surface area contributed by atoms with Crippen LogP contribution in [0.3, 0.4) is 0 Å². The molecule has 0 unspecified atom stereocenters. The zero-order chi connectivity index (χ0) is 14.7. The zero-order valence-electron chi connectivity index (χ0n) is 11.8. The van der Waals surface area contributed by atoms with Crippen LogP contribution in [0.25, 0.3) is 0 Å². The second-order valence-electron chi connectivity index (χ2n) is 5.30. The van der Waals surface area contributed by atoms with E-state index >= 15 is 0 Å². The van der Waals surface area contributed by atoms with Crippen LogP contribution in [0.2, 0.25) is 0 Å². The van der Waals surface area contributed by atoms with Gasteiger partial charge in [-0.05, 0) is 42.7 Å². The van der Waals surface area contributed by atoms with Crippen LogP contribution < -0.4 is 10.2 Å². The minimum absolute atomic E-state index is 0.233. The molecule has 21 heavy (non-hydrogen) atoms. The minimum atomic E-state index is -0.233. The third kappa shape index (κ3) is 3.38. The van der Waals surface area contributed by atoms with E-state index in [0.717, 1.165) is 17.6 Å². The lowest BCUT2D eigenvalue weighted by Crippen LogP contribution is -2.20. The predicted molar refractivity (Wildman–Crippen MR) is 89.3 cm³/mol. The largest absolute Gasteiger partial charge is 0.379 e. The van der Waals surface area contributed by atoms with E-state index in [4.69, 9.17) is 0 Å². The highest BCUT2D eigenvalue weighted by Crippen LogP contribution is 2.26. The minimum Gasteiger partial charge on any atom is -0.379 e. The van der Waals surface area contributed by atoms with E-state index < -0.39 is 0 Å². The summed E-state index contributed by atoms with van der Waals surface area (Å²) in [5.41, 5.74) is 3.01. The first-order valence-electron chi connectivity index (χ1n) is 7.26. The summed E-state index contributed by atoms with van der Waals surface area (Å²) in [6.07, 6.45) is 2.51. The first kappa shape index (κ1) is 14.4. The fourth-order valence-corrected chi connectivity index (χ4v) is 3.08. The monoisotopic (exact) mass is 348 g/mol. The number of rotatable bonds is 4. The van der Waals surface area contributed by atoms with Gasteiger partial charge in [0.1, 0.15) is 5.82 Å². The highest BCUT2D eigenvalue weighted by molar-refractivity contribution is 9.10. The van der Waals surface area contributed by atoms with E-state index in [1.165, 1.54) is 30.2 Å². The van der Waals surface area contributed by atoms with Crippen LogP contribution in [0.15, 0.2) is 46.9 Å². The molecule has 3 rings (SSSR count). The molecule has 2 aromatic carbocycles. The maximum Gasteiger partial charge on any atom is 0.147 e. The molecule has 0 aromatic heterocycles. The van der Waals surface area contributed by atoms with Gasteiger partial charge in [-0.2, -0.15) is 0 Å². The van der Waals surface area contributed by atoms with Crippen molar-refractivity contribution < 1.29 is 4.39 Å². The molecule has 1 N–H and O–H groups in total. The second-order valence-corrected chi connectivity index (χ2v) is 6.22. The average molecular weight is 349 g/mol. The van der Waals surface area contributed by atoms with Crippen molar-refractivity contribution in [1.29, 1.82) is 0 Å². The van der Waals surface area contributed by atoms with Crippen LogP contribution in [-0.2, 0) is 6.54 Å². The van der Waals surface area contributed by atoms with Gasteiger partial charge in [0.15, 0.2) is 0 Å². The fraction of sp³-hybridized carbons (Fsp3) is 0.294. The number of benzene rings is 2. The number of hydrogen-bond acceptors (Lipinski definition) is 2. The number of nitrogens with zero attached hydrogens (tertiary/aromatic N) is 1. The van der Waals surface area contributed by atoms with E-state index in [2.05, 4.69) is 44.3 Å². The smallest absolute Gasteiger partial charge is 0.147 e. The van der Waals surface area contributed by atoms with Crippen molar-refractivity contribution in [3.63, 3.8) is 0 Å². The molecule has 1 fully saturated rings. The molecule has 0 amide bonds. The summed E-state index contributed by atoms with van der Waals surface area (Å²) in [4.78, 5) is 2.41. The third-order valence-corrected chi connectivity index (χ3v) is 4.33. The molecule has 0 atom stereocenters. The van der Waals surface area contributed by atoms with E-state index in [1.807, 2.05) is 12.1 Å². The van der Waals surface area contributed by atoms with Gasteiger partial charge in [-0.3, -0.25) is 0 Å². The van der Waals surface area contributed by atoms with Crippen molar-refractivity contribution in [1.82, 2.24) is 0 Å². The Hall–Kier alpha value is -1.55. The van der Waals surface area contributed by atoms with E-state index in [9.17, 15) is 4.39 Å². The first-order valence-corrected chi connectivity index (χ1v) is 8.05. The Labute approximate surface area is 133 Å². The Kier molecular flexibility index (Phi) is 4.44. The van der Waals surface area contributed by atoms with Crippen LogP contribution in [0.4, 0.5) is 15.8 Å². The molecule has 2 aromatic rings. The van der Waals surface area contributed by atoms with Crippen molar-refractivity contribution in [2.24, 2.45) is 0 Å². The summed E-state index contributed by atoms with van der Waals surface area (Å²) in [5, 5.41) is 3.20. The summed E-state index contributed by atoms with van der Waals surface area (Å²) >= 11 is 3.27. The van der Waals surface area contributed by atoms with Gasteiger partial charge < -0.3 is 10.2 Å². The molecule has 0 saturated carbocycles. The van der Waals surface area contributed by atoms with Gasteiger partial charge in [-0.25, -0.2) is 4.39 Å². The first-order chi connectivity index (χ1) is 10.2. The van der Waals surface area contributed by atoms with Crippen LogP contribution in [0, 0.1) is 5.82 Å². The molecule has 1 saturated heterocycles. The normalized spacial score (nSPS) is 14.5. The standard InChI is InChI=1S/C17H18BrFN2/c18-14-7-8-16(15(19)11-14)20-12-13-5-1-2-6-17(13)21-9-3-4-10-21/h1-2,5-8,11,20H,3-4,9-10,12H2. The maximum absolute atomic E-state index is 13.9. The molecule has 0 radical (unpaired) electrons. The summed E-state index contributed by atoms with van der Waals surface area (Å²) in [6.45, 7) is 2.86. The molecule has 0 aliphatic carbocycles. The third-order valence-electron chi connectivity index (χ3n) is 3.84. The Balaban J connectivity index is 1.75. The van der Waals surface area contributed by atoms with Crippen LogP contribution in [0.1, 0.15) is 18.4 Å². The maximum atomic E-state index is 13.9. The topological polar surface area (TPSA) is 15.3 Å². The van der Waals surface area contributed by atoms with Gasteiger partial charge in [0.25, 0.3) is 0 Å². The van der Waals surface area contributed by atoms with Gasteiger partial charge in [0.2, 0.25) is 0 Å². The Morgan fingerprint density at radius 2 is 1.86 bits per heavy atom. The van der Waals surface area contributed by atoms with Gasteiger partial charge in [-0.1, -0.05) is 34.1 Å². The summed E-state index contributed by atoms with van der Waals surface area (Å²) in [6, 6.07) is 13.5. The number of hydrogen-bond donors (Lipinski definition) is 1. The van der Waals surface area contributed by atoms with Crippen molar-refractivity contribution >= 4 is 27.3 Å². The van der Waals surface area contributed by atoms with Crippen molar-refractivity contribution in [3.05, 3.63) is 58.3 Å². The molecule has 1 aliphatic rings. The molecule has 0 spiro atoms. The lowest BCUT2D eigenvalue weighted by atomic mass is 10.1. The van der Waals surface area contributed by atoms with Crippen molar-refractivity contribution in [2.75, 3.05) is 23.3 Å². The van der Waals surface area contributed by atoms with Crippen molar-refractivity contribution in [3.8, 4) is 0 Å². The number of anilines is 2. The van der Waals surface area contributed by atoms with E-state index in [-0.39, 0.29) is 5.82 Å². The molecule has 110 valence electrons. The van der Waals surface area contributed by atoms with Crippen LogP contribution in [0.5, 0.6) is 0 Å². The van der Waals surface area contributed by atoms with Gasteiger partial charge >= 0.3 is 0 Å². The lowest BCUT2D eigenvalue weighted by Gasteiger charge is -2.21. The summed E-state index contributed by atoms with van der Waals surface area (Å²) < 4.78 is 14.6. The predicted octanol–water partition coefficient (Wildman–Crippen LogP) is 4.80. The molecule has 0 bridgehead atoms. The molecule has 1 aliphatic heterocycles. The number of halogens is 2. The quantitative estimate of drug-likeness (QED) is 0.853. The van der Waals surface area contributed by atoms with Gasteiger partial charge in [0, 0.05) is 29.8 Å². The Bertz CT molecular complexity index is 624. The SMILES string of the molecule is Fc1cc(Br)ccc1NCc1ccccc1N1CCCC1. The molecular weight excluding hydrogens is 331 g/mol. The molecule has 1 heterocycles. The highest BCUT2D eigenvalue weighted by Gasteiger charge is 2.15. The Morgan fingerprint density at radius 3 is 2.62 bits per heavy atom. The molecule has 2 nitrogen and oxygen atoms in total. The van der Waals surface area contributed by atoms with E-state index in [0.29, 0.717) is 12.2 Å². The average Bonchev–Trinajstić information content (AvgIpc) is 3.01. The van der Waals surface area contributed by atoms with E-state index in [1.54, 1.807) is 6.07 Å². The molecule has 4 heteroatoms. The van der Waals surface area contributed by atoms with Crippen LogP contribution >= 0.6 is 15.9 Å². The van der Waals surface area contributed by atoms with Crippen LogP contribution in [-0.4, -0.2) is 13.1 Å². The molecular formula is C17H18BrFN2. The van der Waals surface area contributed by atoms with Crippen molar-refractivity contribution in [2.45, 2.75) is 19.4 Å². The second kappa shape index (κ2) is 6.48. The van der Waals surface area contributed by atoms with Gasteiger partial charge in [0.05, 0.1) is 5.69 Å². The lowest BCUT2D eigenvalue weighted by molar-refractivity contribution is 0.629. The zero-order valence-corrected chi connectivity index (χ0v) is 13.4. The Morgan fingerprint density at radius 1 is 1.10 bits per heavy atom. The highest BCUT2D eigenvalue weighted by atomic mass is 79.9. The number of para-hydroxylation sites is 1. The van der Waals surface area contributed by atoms with Gasteiger partial charge in [-0.15, -0.1) is 0 Å².